The maximum absolute atomic E-state index is 10.1. The van der Waals surface area contributed by atoms with E-state index in [-0.39, 0.29) is 6.10 Å². The Morgan fingerprint density at radius 2 is 2.06 bits per heavy atom. The molecule has 2 rings (SSSR count). The third kappa shape index (κ3) is 3.67. The largest absolute Gasteiger partial charge is 0.391 e. The van der Waals surface area contributed by atoms with E-state index >= 15 is 0 Å². The lowest BCUT2D eigenvalue weighted by atomic mass is 10.0. The van der Waals surface area contributed by atoms with Crippen molar-refractivity contribution >= 4 is 0 Å². The molecule has 0 spiro atoms. The number of nitrogens with one attached hydrogen (secondary N) is 1. The van der Waals surface area contributed by atoms with Gasteiger partial charge in [-0.1, -0.05) is 13.3 Å². The van der Waals surface area contributed by atoms with E-state index in [2.05, 4.69) is 17.1 Å². The smallest absolute Gasteiger partial charge is 0.0695 e. The molecule has 0 aromatic carbocycles. The van der Waals surface area contributed by atoms with Crippen LogP contribution in [0.4, 0.5) is 0 Å². The standard InChI is InChI=1S/C14H28N2O/c1-2-10-16(13-7-5-8-14(13)17)11-12-6-3-4-9-15-12/h12-15,17H,2-11H2,1H3. The molecule has 2 N–H and O–H groups in total. The summed E-state index contributed by atoms with van der Waals surface area (Å²) in [5.41, 5.74) is 0. The van der Waals surface area contributed by atoms with Gasteiger partial charge in [-0.15, -0.1) is 0 Å². The first-order valence-corrected chi connectivity index (χ1v) is 7.46. The van der Waals surface area contributed by atoms with E-state index in [4.69, 9.17) is 0 Å². The predicted octanol–water partition coefficient (Wildman–Crippen LogP) is 1.75. The Morgan fingerprint density at radius 3 is 2.65 bits per heavy atom. The van der Waals surface area contributed by atoms with Crippen LogP contribution in [0.2, 0.25) is 0 Å². The quantitative estimate of drug-likeness (QED) is 0.768. The fourth-order valence-electron chi connectivity index (χ4n) is 3.39. The minimum absolute atomic E-state index is 0.0786. The molecule has 0 radical (unpaired) electrons. The summed E-state index contributed by atoms with van der Waals surface area (Å²) < 4.78 is 0. The summed E-state index contributed by atoms with van der Waals surface area (Å²) in [6.07, 6.45) is 8.51. The molecule has 17 heavy (non-hydrogen) atoms. The van der Waals surface area contributed by atoms with E-state index in [1.54, 1.807) is 0 Å². The van der Waals surface area contributed by atoms with Gasteiger partial charge in [0.2, 0.25) is 0 Å². The normalized spacial score (nSPS) is 34.4. The zero-order valence-corrected chi connectivity index (χ0v) is 11.2. The van der Waals surface area contributed by atoms with Gasteiger partial charge in [0, 0.05) is 18.6 Å². The third-order valence-corrected chi connectivity index (χ3v) is 4.29. The highest BCUT2D eigenvalue weighted by molar-refractivity contribution is 4.87. The predicted molar refractivity (Wildman–Crippen MR) is 71.2 cm³/mol. The van der Waals surface area contributed by atoms with Gasteiger partial charge < -0.3 is 10.4 Å². The summed E-state index contributed by atoms with van der Waals surface area (Å²) in [4.78, 5) is 2.54. The monoisotopic (exact) mass is 240 g/mol. The topological polar surface area (TPSA) is 35.5 Å². The van der Waals surface area contributed by atoms with Gasteiger partial charge in [-0.25, -0.2) is 0 Å². The van der Waals surface area contributed by atoms with Crippen LogP contribution in [-0.2, 0) is 0 Å². The lowest BCUT2D eigenvalue weighted by Gasteiger charge is -2.35. The van der Waals surface area contributed by atoms with E-state index in [9.17, 15) is 5.11 Å². The van der Waals surface area contributed by atoms with Crippen LogP contribution in [0.5, 0.6) is 0 Å². The number of nitrogens with zero attached hydrogens (tertiary/aromatic N) is 1. The van der Waals surface area contributed by atoms with Crippen LogP contribution in [0.15, 0.2) is 0 Å². The number of piperidine rings is 1. The van der Waals surface area contributed by atoms with Crippen molar-refractivity contribution in [3.63, 3.8) is 0 Å². The highest BCUT2D eigenvalue weighted by atomic mass is 16.3. The summed E-state index contributed by atoms with van der Waals surface area (Å²) in [5, 5.41) is 13.7. The second-order valence-corrected chi connectivity index (χ2v) is 5.71. The molecule has 1 aliphatic heterocycles. The van der Waals surface area contributed by atoms with Crippen molar-refractivity contribution in [1.82, 2.24) is 10.2 Å². The maximum Gasteiger partial charge on any atom is 0.0695 e. The molecular formula is C14H28N2O. The molecule has 2 fully saturated rings. The minimum Gasteiger partial charge on any atom is -0.391 e. The van der Waals surface area contributed by atoms with Gasteiger partial charge in [0.25, 0.3) is 0 Å². The summed E-state index contributed by atoms with van der Waals surface area (Å²) in [7, 11) is 0. The first-order chi connectivity index (χ1) is 8.31. The Morgan fingerprint density at radius 1 is 1.18 bits per heavy atom. The molecule has 0 bridgehead atoms. The van der Waals surface area contributed by atoms with Crippen LogP contribution in [-0.4, -0.2) is 47.8 Å². The van der Waals surface area contributed by atoms with E-state index in [1.165, 1.54) is 45.1 Å². The highest BCUT2D eigenvalue weighted by Crippen LogP contribution is 2.25. The zero-order valence-electron chi connectivity index (χ0n) is 11.2. The SMILES string of the molecule is CCCN(CC1CCCCN1)C1CCCC1O. The van der Waals surface area contributed by atoms with E-state index in [1.807, 2.05) is 0 Å². The Labute approximate surface area is 106 Å². The molecule has 2 aliphatic rings. The van der Waals surface area contributed by atoms with E-state index < -0.39 is 0 Å². The number of aliphatic hydroxyl groups excluding tert-OH is 1. The number of aliphatic hydroxyl groups is 1. The van der Waals surface area contributed by atoms with Gasteiger partial charge in [-0.3, -0.25) is 4.90 Å². The van der Waals surface area contributed by atoms with Gasteiger partial charge in [-0.05, 0) is 51.6 Å². The van der Waals surface area contributed by atoms with Crippen LogP contribution in [0.1, 0.15) is 51.9 Å². The second-order valence-electron chi connectivity index (χ2n) is 5.71. The van der Waals surface area contributed by atoms with Gasteiger partial charge in [-0.2, -0.15) is 0 Å². The second kappa shape index (κ2) is 6.72. The summed E-state index contributed by atoms with van der Waals surface area (Å²) in [6, 6.07) is 1.08. The Bertz CT molecular complexity index is 216. The van der Waals surface area contributed by atoms with Crippen molar-refractivity contribution in [2.45, 2.75) is 70.1 Å². The minimum atomic E-state index is -0.0786. The van der Waals surface area contributed by atoms with Crippen LogP contribution in [0.3, 0.4) is 0 Å². The molecule has 3 unspecified atom stereocenters. The summed E-state index contributed by atoms with van der Waals surface area (Å²) in [5.74, 6) is 0. The average molecular weight is 240 g/mol. The molecule has 0 amide bonds. The molecule has 1 saturated carbocycles. The van der Waals surface area contributed by atoms with Crippen molar-refractivity contribution < 1.29 is 5.11 Å². The van der Waals surface area contributed by atoms with Gasteiger partial charge >= 0.3 is 0 Å². The van der Waals surface area contributed by atoms with Crippen molar-refractivity contribution in [1.29, 1.82) is 0 Å². The molecule has 3 heteroatoms. The third-order valence-electron chi connectivity index (χ3n) is 4.29. The number of rotatable bonds is 5. The first-order valence-electron chi connectivity index (χ1n) is 7.46. The van der Waals surface area contributed by atoms with Crippen LogP contribution >= 0.6 is 0 Å². The molecule has 0 aromatic rings. The molecular weight excluding hydrogens is 212 g/mol. The lowest BCUT2D eigenvalue weighted by Crippen LogP contribution is -2.49. The van der Waals surface area contributed by atoms with Gasteiger partial charge in [0.15, 0.2) is 0 Å². The lowest BCUT2D eigenvalue weighted by molar-refractivity contribution is 0.0621. The van der Waals surface area contributed by atoms with Crippen LogP contribution in [0.25, 0.3) is 0 Å². The van der Waals surface area contributed by atoms with Crippen molar-refractivity contribution in [3.8, 4) is 0 Å². The Kier molecular flexibility index (Phi) is 5.26. The summed E-state index contributed by atoms with van der Waals surface area (Å²) >= 11 is 0. The molecule has 0 aromatic heterocycles. The first kappa shape index (κ1) is 13.3. The number of hydrogen-bond acceptors (Lipinski definition) is 3. The van der Waals surface area contributed by atoms with E-state index in [0.29, 0.717) is 12.1 Å². The summed E-state index contributed by atoms with van der Waals surface area (Å²) in [6.45, 7) is 5.69. The maximum atomic E-state index is 10.1. The Balaban J connectivity index is 1.86. The van der Waals surface area contributed by atoms with Crippen molar-refractivity contribution in [3.05, 3.63) is 0 Å². The Hall–Kier alpha value is -0.120. The molecule has 3 atom stereocenters. The number of hydrogen-bond donors (Lipinski definition) is 2. The fourth-order valence-corrected chi connectivity index (χ4v) is 3.39. The molecule has 3 nitrogen and oxygen atoms in total. The van der Waals surface area contributed by atoms with Crippen molar-refractivity contribution in [2.24, 2.45) is 0 Å². The van der Waals surface area contributed by atoms with E-state index in [0.717, 1.165) is 19.5 Å². The molecule has 1 saturated heterocycles. The average Bonchev–Trinajstić information content (AvgIpc) is 2.76. The highest BCUT2D eigenvalue weighted by Gasteiger charge is 2.31. The van der Waals surface area contributed by atoms with Gasteiger partial charge in [0.05, 0.1) is 6.10 Å². The zero-order chi connectivity index (χ0) is 12.1. The van der Waals surface area contributed by atoms with Crippen molar-refractivity contribution in [2.75, 3.05) is 19.6 Å². The molecule has 1 heterocycles. The molecule has 100 valence electrons. The van der Waals surface area contributed by atoms with Gasteiger partial charge in [0.1, 0.15) is 0 Å². The van der Waals surface area contributed by atoms with Crippen LogP contribution in [0, 0.1) is 0 Å². The fraction of sp³-hybridized carbons (Fsp3) is 1.00. The van der Waals surface area contributed by atoms with Crippen LogP contribution < -0.4 is 5.32 Å². The molecule has 1 aliphatic carbocycles.